The smallest absolute Gasteiger partial charge is 0.343 e. The van der Waals surface area contributed by atoms with Crippen molar-refractivity contribution in [3.63, 3.8) is 0 Å². The van der Waals surface area contributed by atoms with E-state index in [4.69, 9.17) is 16.2 Å². The van der Waals surface area contributed by atoms with Gasteiger partial charge in [0.2, 0.25) is 0 Å². The van der Waals surface area contributed by atoms with E-state index in [0.717, 1.165) is 30.7 Å². The van der Waals surface area contributed by atoms with Gasteiger partial charge in [-0.3, -0.25) is 4.79 Å². The summed E-state index contributed by atoms with van der Waals surface area (Å²) < 4.78 is 4.76. The molecule has 0 unspecified atom stereocenters. The monoisotopic (exact) mass is 299 g/mol. The molecule has 0 aromatic carbocycles. The number of nitrogen functional groups attached to an aromatic ring is 1. The van der Waals surface area contributed by atoms with Gasteiger partial charge in [-0.05, 0) is 13.3 Å². The quantitative estimate of drug-likeness (QED) is 0.748. The van der Waals surface area contributed by atoms with Crippen LogP contribution in [0.5, 0.6) is 0 Å². The number of unbranched alkanes of at least 4 members (excludes halogenated alkanes) is 1. The van der Waals surface area contributed by atoms with E-state index >= 15 is 0 Å². The summed E-state index contributed by atoms with van der Waals surface area (Å²) in [5.74, 6) is -1.17. The van der Waals surface area contributed by atoms with E-state index in [0.29, 0.717) is 11.5 Å². The molecular formula is C13H21N3O3S. The Bertz CT molecular complexity index is 499. The number of rotatable bonds is 7. The van der Waals surface area contributed by atoms with Gasteiger partial charge in [-0.1, -0.05) is 13.3 Å². The standard InChI is InChI=1S/C13H21N3O3S/c1-4-6-7-16(5-2)12-8(13(18)19-3)9(14)10(20-12)11(15)17/h4-7,14H2,1-3H3,(H2,15,17). The van der Waals surface area contributed by atoms with Gasteiger partial charge in [-0.25, -0.2) is 4.79 Å². The van der Waals surface area contributed by atoms with Gasteiger partial charge in [0.05, 0.1) is 12.8 Å². The highest BCUT2D eigenvalue weighted by Crippen LogP contribution is 2.38. The van der Waals surface area contributed by atoms with Crippen molar-refractivity contribution in [2.75, 3.05) is 30.8 Å². The van der Waals surface area contributed by atoms with Gasteiger partial charge in [0.1, 0.15) is 15.4 Å². The average Bonchev–Trinajstić information content (AvgIpc) is 2.77. The Morgan fingerprint density at radius 3 is 2.45 bits per heavy atom. The summed E-state index contributed by atoms with van der Waals surface area (Å²) in [7, 11) is 1.29. The maximum absolute atomic E-state index is 11.9. The number of hydrogen-bond acceptors (Lipinski definition) is 6. The number of thiophene rings is 1. The lowest BCUT2D eigenvalue weighted by atomic mass is 10.2. The van der Waals surface area contributed by atoms with Crippen LogP contribution in [-0.2, 0) is 4.74 Å². The molecule has 0 atom stereocenters. The summed E-state index contributed by atoms with van der Waals surface area (Å²) in [6.07, 6.45) is 2.02. The Balaban J connectivity index is 3.31. The fourth-order valence-corrected chi connectivity index (χ4v) is 3.04. The van der Waals surface area contributed by atoms with E-state index in [1.165, 1.54) is 7.11 Å². The van der Waals surface area contributed by atoms with E-state index < -0.39 is 11.9 Å². The van der Waals surface area contributed by atoms with Crippen LogP contribution in [0.4, 0.5) is 10.7 Å². The summed E-state index contributed by atoms with van der Waals surface area (Å²) in [6.45, 7) is 5.57. The molecular weight excluding hydrogens is 278 g/mol. The summed E-state index contributed by atoms with van der Waals surface area (Å²) in [5.41, 5.74) is 11.5. The third-order valence-corrected chi connectivity index (χ3v) is 4.27. The SMILES string of the molecule is CCCCN(CC)c1sc(C(N)=O)c(N)c1C(=O)OC. The van der Waals surface area contributed by atoms with Crippen molar-refractivity contribution in [2.45, 2.75) is 26.7 Å². The Hall–Kier alpha value is -1.76. The molecule has 1 heterocycles. The molecule has 0 saturated heterocycles. The topological polar surface area (TPSA) is 98.6 Å². The minimum atomic E-state index is -0.629. The minimum absolute atomic E-state index is 0.110. The Morgan fingerprint density at radius 2 is 2.00 bits per heavy atom. The number of esters is 1. The van der Waals surface area contributed by atoms with Crippen LogP contribution in [0, 0.1) is 0 Å². The van der Waals surface area contributed by atoms with Crippen molar-refractivity contribution < 1.29 is 14.3 Å². The summed E-state index contributed by atoms with van der Waals surface area (Å²) in [6, 6.07) is 0. The van der Waals surface area contributed by atoms with Crippen molar-refractivity contribution in [2.24, 2.45) is 5.73 Å². The molecule has 7 heteroatoms. The Labute approximate surface area is 122 Å². The number of hydrogen-bond donors (Lipinski definition) is 2. The van der Waals surface area contributed by atoms with Crippen molar-refractivity contribution >= 4 is 33.9 Å². The number of methoxy groups -OCH3 is 1. The Kier molecular flexibility index (Phi) is 5.82. The molecule has 4 N–H and O–H groups in total. The highest BCUT2D eigenvalue weighted by molar-refractivity contribution is 7.19. The van der Waals surface area contributed by atoms with Gasteiger partial charge in [0, 0.05) is 13.1 Å². The summed E-state index contributed by atoms with van der Waals surface area (Å²) >= 11 is 1.15. The fourth-order valence-electron chi connectivity index (χ4n) is 1.89. The summed E-state index contributed by atoms with van der Waals surface area (Å²) in [4.78, 5) is 25.5. The second kappa shape index (κ2) is 7.14. The molecule has 0 bridgehead atoms. The fraction of sp³-hybridized carbons (Fsp3) is 0.538. The highest BCUT2D eigenvalue weighted by atomic mass is 32.1. The van der Waals surface area contributed by atoms with Gasteiger partial charge in [0.15, 0.2) is 0 Å². The first-order chi connectivity index (χ1) is 9.47. The van der Waals surface area contributed by atoms with Crippen LogP contribution in [0.1, 0.15) is 46.7 Å². The van der Waals surface area contributed by atoms with Crippen LogP contribution < -0.4 is 16.4 Å². The zero-order chi connectivity index (χ0) is 15.3. The van der Waals surface area contributed by atoms with Gasteiger partial charge in [-0.15, -0.1) is 11.3 Å². The number of nitrogens with zero attached hydrogens (tertiary/aromatic N) is 1. The zero-order valence-corrected chi connectivity index (χ0v) is 12.9. The van der Waals surface area contributed by atoms with E-state index in [-0.39, 0.29) is 16.1 Å². The number of primary amides is 1. The van der Waals surface area contributed by atoms with E-state index in [1.54, 1.807) is 0 Å². The number of ether oxygens (including phenoxy) is 1. The normalized spacial score (nSPS) is 10.3. The van der Waals surface area contributed by atoms with Crippen LogP contribution in [0.3, 0.4) is 0 Å². The molecule has 1 rings (SSSR count). The minimum Gasteiger partial charge on any atom is -0.465 e. The maximum Gasteiger partial charge on any atom is 0.343 e. The lowest BCUT2D eigenvalue weighted by Gasteiger charge is -2.22. The number of carbonyl (C=O) groups is 2. The molecule has 0 fully saturated rings. The van der Waals surface area contributed by atoms with Crippen molar-refractivity contribution in [3.8, 4) is 0 Å². The molecule has 20 heavy (non-hydrogen) atoms. The number of amides is 1. The molecule has 0 spiro atoms. The first-order valence-corrected chi connectivity index (χ1v) is 7.34. The molecule has 112 valence electrons. The molecule has 0 aliphatic carbocycles. The molecule has 0 aliphatic heterocycles. The molecule has 0 aliphatic rings. The average molecular weight is 299 g/mol. The largest absolute Gasteiger partial charge is 0.465 e. The molecule has 1 amide bonds. The predicted molar refractivity (Wildman–Crippen MR) is 81.4 cm³/mol. The number of anilines is 2. The van der Waals surface area contributed by atoms with Crippen LogP contribution in [0.2, 0.25) is 0 Å². The highest BCUT2D eigenvalue weighted by Gasteiger charge is 2.27. The van der Waals surface area contributed by atoms with Gasteiger partial charge in [0.25, 0.3) is 5.91 Å². The van der Waals surface area contributed by atoms with Gasteiger partial charge >= 0.3 is 5.97 Å². The molecule has 6 nitrogen and oxygen atoms in total. The molecule has 1 aromatic rings. The van der Waals surface area contributed by atoms with E-state index in [9.17, 15) is 9.59 Å². The maximum atomic E-state index is 11.9. The lowest BCUT2D eigenvalue weighted by Crippen LogP contribution is -2.25. The zero-order valence-electron chi connectivity index (χ0n) is 12.1. The predicted octanol–water partition coefficient (Wildman–Crippen LogP) is 1.84. The van der Waals surface area contributed by atoms with Crippen LogP contribution in [0.25, 0.3) is 0 Å². The molecule has 0 saturated carbocycles. The van der Waals surface area contributed by atoms with Gasteiger partial charge in [-0.2, -0.15) is 0 Å². The van der Waals surface area contributed by atoms with Crippen molar-refractivity contribution in [3.05, 3.63) is 10.4 Å². The van der Waals surface area contributed by atoms with Crippen molar-refractivity contribution in [1.29, 1.82) is 0 Å². The van der Waals surface area contributed by atoms with Crippen LogP contribution >= 0.6 is 11.3 Å². The Morgan fingerprint density at radius 1 is 1.35 bits per heavy atom. The molecule has 0 radical (unpaired) electrons. The third-order valence-electron chi connectivity index (χ3n) is 2.99. The van der Waals surface area contributed by atoms with Crippen LogP contribution in [-0.4, -0.2) is 32.1 Å². The van der Waals surface area contributed by atoms with Crippen molar-refractivity contribution in [1.82, 2.24) is 0 Å². The van der Waals surface area contributed by atoms with E-state index in [2.05, 4.69) is 6.92 Å². The second-order valence-electron chi connectivity index (χ2n) is 4.31. The molecule has 1 aromatic heterocycles. The number of nitrogens with two attached hydrogens (primary N) is 2. The number of carbonyl (C=O) groups excluding carboxylic acids is 2. The first-order valence-electron chi connectivity index (χ1n) is 6.53. The lowest BCUT2D eigenvalue weighted by molar-refractivity contribution is 0.0603. The summed E-state index contributed by atoms with van der Waals surface area (Å²) in [5, 5.41) is 0.652. The first kappa shape index (κ1) is 16.3. The van der Waals surface area contributed by atoms with Gasteiger partial charge < -0.3 is 21.1 Å². The van der Waals surface area contributed by atoms with E-state index in [1.807, 2.05) is 11.8 Å². The second-order valence-corrected chi connectivity index (χ2v) is 5.31. The van der Waals surface area contributed by atoms with Crippen LogP contribution in [0.15, 0.2) is 0 Å². The third kappa shape index (κ3) is 3.22.